The fourth-order valence-electron chi connectivity index (χ4n) is 3.63. The van der Waals surface area contributed by atoms with E-state index in [1.807, 2.05) is 6.07 Å². The fraction of sp³-hybridized carbons (Fsp3) is 0.333. The summed E-state index contributed by atoms with van der Waals surface area (Å²) in [6.07, 6.45) is 0. The summed E-state index contributed by atoms with van der Waals surface area (Å²) >= 11 is 0. The van der Waals surface area contributed by atoms with Gasteiger partial charge in [-0.05, 0) is 42.0 Å². The van der Waals surface area contributed by atoms with Gasteiger partial charge in [-0.3, -0.25) is 9.80 Å². The molecule has 0 N–H and O–H groups in total. The van der Waals surface area contributed by atoms with E-state index in [2.05, 4.69) is 32.1 Å². The van der Waals surface area contributed by atoms with E-state index in [0.717, 1.165) is 49.8 Å². The van der Waals surface area contributed by atoms with Crippen LogP contribution in [0.5, 0.6) is 11.5 Å². The van der Waals surface area contributed by atoms with Crippen molar-refractivity contribution in [3.63, 3.8) is 0 Å². The van der Waals surface area contributed by atoms with E-state index in [9.17, 15) is 4.39 Å². The van der Waals surface area contributed by atoms with E-state index in [-0.39, 0.29) is 5.82 Å². The number of nitrogens with zero attached hydrogens (tertiary/aromatic N) is 4. The van der Waals surface area contributed by atoms with Gasteiger partial charge >= 0.3 is 0 Å². The molecule has 0 spiro atoms. The molecule has 2 aliphatic heterocycles. The molecule has 1 aromatic heterocycles. The van der Waals surface area contributed by atoms with Crippen molar-refractivity contribution in [2.24, 2.45) is 0 Å². The number of hydrogen-bond donors (Lipinski definition) is 0. The Kier molecular flexibility index (Phi) is 4.87. The molecule has 0 atom stereocenters. The predicted octanol–water partition coefficient (Wildman–Crippen LogP) is 2.92. The molecule has 150 valence electrons. The minimum absolute atomic E-state index is 0.281. The maximum atomic E-state index is 13.1. The molecule has 3 aromatic rings. The van der Waals surface area contributed by atoms with Gasteiger partial charge in [0.2, 0.25) is 18.5 Å². The van der Waals surface area contributed by atoms with Crippen molar-refractivity contribution < 1.29 is 18.4 Å². The predicted molar refractivity (Wildman–Crippen MR) is 103 cm³/mol. The molecule has 2 aliphatic rings. The van der Waals surface area contributed by atoms with Crippen molar-refractivity contribution in [1.82, 2.24) is 19.9 Å². The van der Waals surface area contributed by atoms with Gasteiger partial charge in [0.15, 0.2) is 11.5 Å². The summed E-state index contributed by atoms with van der Waals surface area (Å²) in [4.78, 5) is 9.17. The Morgan fingerprint density at radius 1 is 0.862 bits per heavy atom. The van der Waals surface area contributed by atoms with Crippen molar-refractivity contribution in [3.05, 3.63) is 59.7 Å². The van der Waals surface area contributed by atoms with Crippen LogP contribution < -0.4 is 9.47 Å². The largest absolute Gasteiger partial charge is 0.454 e. The Hall–Kier alpha value is -2.97. The van der Waals surface area contributed by atoms with Gasteiger partial charge in [0.05, 0.1) is 6.54 Å². The van der Waals surface area contributed by atoms with Gasteiger partial charge in [-0.2, -0.15) is 4.98 Å². The van der Waals surface area contributed by atoms with E-state index >= 15 is 0 Å². The third kappa shape index (κ3) is 4.08. The van der Waals surface area contributed by atoms with Crippen molar-refractivity contribution in [2.75, 3.05) is 33.0 Å². The second kappa shape index (κ2) is 7.81. The molecular formula is C21H21FN4O3. The highest BCUT2D eigenvalue weighted by Gasteiger charge is 2.21. The van der Waals surface area contributed by atoms with E-state index in [4.69, 9.17) is 14.0 Å². The monoisotopic (exact) mass is 396 g/mol. The van der Waals surface area contributed by atoms with E-state index < -0.39 is 0 Å². The first-order valence-electron chi connectivity index (χ1n) is 9.65. The van der Waals surface area contributed by atoms with Crippen LogP contribution in [0.15, 0.2) is 47.0 Å². The Balaban J connectivity index is 1.14. The maximum absolute atomic E-state index is 13.1. The average molecular weight is 396 g/mol. The first-order chi connectivity index (χ1) is 14.2. The number of halogens is 1. The topological polar surface area (TPSA) is 63.9 Å². The molecule has 8 heteroatoms. The molecule has 0 amide bonds. The Morgan fingerprint density at radius 2 is 1.59 bits per heavy atom. The second-order valence-corrected chi connectivity index (χ2v) is 7.26. The minimum Gasteiger partial charge on any atom is -0.454 e. The molecular weight excluding hydrogens is 375 g/mol. The highest BCUT2D eigenvalue weighted by molar-refractivity contribution is 5.53. The lowest BCUT2D eigenvalue weighted by Gasteiger charge is -2.33. The van der Waals surface area contributed by atoms with Gasteiger partial charge in [-0.1, -0.05) is 11.2 Å². The van der Waals surface area contributed by atoms with Crippen LogP contribution in [-0.4, -0.2) is 52.9 Å². The average Bonchev–Trinajstić information content (AvgIpc) is 3.39. The van der Waals surface area contributed by atoms with Crippen molar-refractivity contribution in [2.45, 2.75) is 13.1 Å². The zero-order valence-electron chi connectivity index (χ0n) is 15.9. The molecule has 2 aromatic carbocycles. The number of benzene rings is 2. The normalized spacial score (nSPS) is 17.0. The number of fused-ring (bicyclic) bond motifs is 1. The summed E-state index contributed by atoms with van der Waals surface area (Å²) in [6.45, 7) is 5.60. The lowest BCUT2D eigenvalue weighted by molar-refractivity contribution is 0.112. The molecule has 0 radical (unpaired) electrons. The van der Waals surface area contributed by atoms with Gasteiger partial charge in [-0.25, -0.2) is 4.39 Å². The van der Waals surface area contributed by atoms with Crippen molar-refractivity contribution in [1.29, 1.82) is 0 Å². The standard InChI is InChI=1S/C21H21FN4O3/c22-17-4-2-16(3-5-17)21-23-20(29-24-21)13-26-9-7-25(8-10-26)12-15-1-6-18-19(11-15)28-14-27-18/h1-6,11H,7-10,12-14H2. The summed E-state index contributed by atoms with van der Waals surface area (Å²) < 4.78 is 29.3. The molecule has 0 bridgehead atoms. The van der Waals surface area contributed by atoms with Gasteiger partial charge < -0.3 is 14.0 Å². The summed E-state index contributed by atoms with van der Waals surface area (Å²) in [5.74, 6) is 2.43. The quantitative estimate of drug-likeness (QED) is 0.657. The summed E-state index contributed by atoms with van der Waals surface area (Å²) in [6, 6.07) is 12.2. The zero-order chi connectivity index (χ0) is 19.6. The molecule has 1 saturated heterocycles. The number of ether oxygens (including phenoxy) is 2. The van der Waals surface area contributed by atoms with Crippen LogP contribution in [-0.2, 0) is 13.1 Å². The lowest BCUT2D eigenvalue weighted by Crippen LogP contribution is -2.45. The van der Waals surface area contributed by atoms with Crippen LogP contribution in [0.3, 0.4) is 0 Å². The van der Waals surface area contributed by atoms with Crippen LogP contribution in [0, 0.1) is 5.82 Å². The highest BCUT2D eigenvalue weighted by Crippen LogP contribution is 2.32. The summed E-state index contributed by atoms with van der Waals surface area (Å²) in [7, 11) is 0. The summed E-state index contributed by atoms with van der Waals surface area (Å²) in [5.41, 5.74) is 1.97. The SMILES string of the molecule is Fc1ccc(-c2noc(CN3CCN(Cc4ccc5c(c4)OCO5)CC3)n2)cc1. The third-order valence-corrected chi connectivity index (χ3v) is 5.24. The van der Waals surface area contributed by atoms with Crippen LogP contribution in [0.1, 0.15) is 11.5 Å². The lowest BCUT2D eigenvalue weighted by atomic mass is 10.1. The Bertz CT molecular complexity index is 984. The third-order valence-electron chi connectivity index (χ3n) is 5.24. The first-order valence-corrected chi connectivity index (χ1v) is 9.65. The van der Waals surface area contributed by atoms with E-state index in [0.29, 0.717) is 25.1 Å². The molecule has 7 nitrogen and oxygen atoms in total. The molecule has 3 heterocycles. The van der Waals surface area contributed by atoms with Gasteiger partial charge in [0, 0.05) is 38.3 Å². The maximum Gasteiger partial charge on any atom is 0.241 e. The Morgan fingerprint density at radius 3 is 2.38 bits per heavy atom. The molecule has 0 aliphatic carbocycles. The van der Waals surface area contributed by atoms with Gasteiger partial charge in [0.25, 0.3) is 0 Å². The minimum atomic E-state index is -0.281. The van der Waals surface area contributed by atoms with E-state index in [1.165, 1.54) is 17.7 Å². The van der Waals surface area contributed by atoms with Crippen molar-refractivity contribution in [3.8, 4) is 22.9 Å². The highest BCUT2D eigenvalue weighted by atomic mass is 19.1. The fourth-order valence-corrected chi connectivity index (χ4v) is 3.63. The number of aromatic nitrogens is 2. The number of rotatable bonds is 5. The van der Waals surface area contributed by atoms with Crippen LogP contribution in [0.4, 0.5) is 4.39 Å². The molecule has 0 saturated carbocycles. The molecule has 0 unspecified atom stereocenters. The van der Waals surface area contributed by atoms with E-state index in [1.54, 1.807) is 12.1 Å². The van der Waals surface area contributed by atoms with Gasteiger partial charge in [0.1, 0.15) is 5.82 Å². The van der Waals surface area contributed by atoms with Gasteiger partial charge in [-0.15, -0.1) is 0 Å². The second-order valence-electron chi connectivity index (χ2n) is 7.26. The van der Waals surface area contributed by atoms with Crippen LogP contribution >= 0.6 is 0 Å². The molecule has 29 heavy (non-hydrogen) atoms. The molecule has 1 fully saturated rings. The smallest absolute Gasteiger partial charge is 0.241 e. The van der Waals surface area contributed by atoms with Crippen LogP contribution in [0.25, 0.3) is 11.4 Å². The summed E-state index contributed by atoms with van der Waals surface area (Å²) in [5, 5.41) is 4.01. The Labute approximate surface area is 167 Å². The first kappa shape index (κ1) is 18.1. The molecule has 5 rings (SSSR count). The van der Waals surface area contributed by atoms with Crippen LogP contribution in [0.2, 0.25) is 0 Å². The number of piperazine rings is 1. The number of hydrogen-bond acceptors (Lipinski definition) is 7. The van der Waals surface area contributed by atoms with Crippen molar-refractivity contribution >= 4 is 0 Å². The zero-order valence-corrected chi connectivity index (χ0v) is 15.9.